The maximum atomic E-state index is 10.7. The molecule has 1 unspecified atom stereocenters. The van der Waals surface area contributed by atoms with Gasteiger partial charge in [-0.05, 0) is 31.6 Å². The van der Waals surface area contributed by atoms with Crippen LogP contribution in [0.3, 0.4) is 0 Å². The van der Waals surface area contributed by atoms with Crippen LogP contribution >= 0.6 is 0 Å². The fourth-order valence-corrected chi connectivity index (χ4v) is 3.89. The molecule has 1 fully saturated rings. The summed E-state index contributed by atoms with van der Waals surface area (Å²) >= 11 is 0. The standard InChI is InChI=1S/C21H42O/c1-3-5-6-7-8-9-10-11-12-13-14-15-19-21(22,4-2)20-17-16-18-20/h20,22H,3-19H2,1-2H3. The van der Waals surface area contributed by atoms with Crippen LogP contribution in [0.25, 0.3) is 0 Å². The maximum Gasteiger partial charge on any atom is 0.0673 e. The van der Waals surface area contributed by atoms with Crippen LogP contribution in [0.15, 0.2) is 0 Å². The van der Waals surface area contributed by atoms with Gasteiger partial charge in [-0.25, -0.2) is 0 Å². The largest absolute Gasteiger partial charge is 0.390 e. The smallest absolute Gasteiger partial charge is 0.0673 e. The van der Waals surface area contributed by atoms with Crippen LogP contribution in [0.5, 0.6) is 0 Å². The highest BCUT2D eigenvalue weighted by Crippen LogP contribution is 2.40. The Balaban J connectivity index is 1.85. The molecule has 1 aliphatic rings. The lowest BCUT2D eigenvalue weighted by molar-refractivity contribution is -0.0614. The van der Waals surface area contributed by atoms with Gasteiger partial charge in [0.15, 0.2) is 0 Å². The number of hydrogen-bond acceptors (Lipinski definition) is 1. The van der Waals surface area contributed by atoms with E-state index in [0.717, 1.165) is 12.8 Å². The molecule has 1 rings (SSSR count). The molecule has 0 aromatic heterocycles. The molecule has 1 nitrogen and oxygen atoms in total. The van der Waals surface area contributed by atoms with E-state index in [1.54, 1.807) is 0 Å². The van der Waals surface area contributed by atoms with Gasteiger partial charge in [0.2, 0.25) is 0 Å². The molecular weight excluding hydrogens is 268 g/mol. The summed E-state index contributed by atoms with van der Waals surface area (Å²) in [7, 11) is 0. The van der Waals surface area contributed by atoms with Crippen molar-refractivity contribution in [1.82, 2.24) is 0 Å². The lowest BCUT2D eigenvalue weighted by atomic mass is 9.69. The molecule has 1 N–H and O–H groups in total. The molecule has 1 saturated carbocycles. The molecule has 1 heteroatoms. The van der Waals surface area contributed by atoms with E-state index in [9.17, 15) is 5.11 Å². The molecule has 0 aliphatic heterocycles. The van der Waals surface area contributed by atoms with Crippen molar-refractivity contribution in [3.05, 3.63) is 0 Å². The highest BCUT2D eigenvalue weighted by Gasteiger charge is 2.37. The average molecular weight is 311 g/mol. The summed E-state index contributed by atoms with van der Waals surface area (Å²) in [5.74, 6) is 0.616. The fourth-order valence-electron chi connectivity index (χ4n) is 3.89. The van der Waals surface area contributed by atoms with E-state index in [2.05, 4.69) is 13.8 Å². The summed E-state index contributed by atoms with van der Waals surface area (Å²) in [4.78, 5) is 0. The molecule has 0 heterocycles. The molecule has 132 valence electrons. The van der Waals surface area contributed by atoms with Crippen molar-refractivity contribution < 1.29 is 5.11 Å². The van der Waals surface area contributed by atoms with Crippen LogP contribution in [0, 0.1) is 5.92 Å². The Labute approximate surface area is 140 Å². The molecule has 0 aromatic rings. The fraction of sp³-hybridized carbons (Fsp3) is 1.00. The van der Waals surface area contributed by atoms with Crippen LogP contribution in [0.1, 0.15) is 123 Å². The van der Waals surface area contributed by atoms with Gasteiger partial charge in [0.25, 0.3) is 0 Å². The zero-order valence-corrected chi connectivity index (χ0v) is 15.5. The zero-order valence-electron chi connectivity index (χ0n) is 15.5. The average Bonchev–Trinajstić information content (AvgIpc) is 2.46. The highest BCUT2D eigenvalue weighted by molar-refractivity contribution is 4.89. The molecular formula is C21H42O. The molecule has 0 amide bonds. The Bertz CT molecular complexity index is 246. The molecule has 0 spiro atoms. The van der Waals surface area contributed by atoms with Crippen molar-refractivity contribution in [3.8, 4) is 0 Å². The first-order chi connectivity index (χ1) is 10.7. The number of unbranched alkanes of at least 4 members (excludes halogenated alkanes) is 11. The molecule has 0 bridgehead atoms. The first-order valence-corrected chi connectivity index (χ1v) is 10.5. The second-order valence-corrected chi connectivity index (χ2v) is 7.72. The Morgan fingerprint density at radius 1 is 0.727 bits per heavy atom. The zero-order chi connectivity index (χ0) is 16.1. The summed E-state index contributed by atoms with van der Waals surface area (Å²) in [5, 5.41) is 10.7. The summed E-state index contributed by atoms with van der Waals surface area (Å²) in [6, 6.07) is 0. The molecule has 1 aliphatic carbocycles. The third-order valence-corrected chi connectivity index (χ3v) is 5.94. The Morgan fingerprint density at radius 2 is 1.18 bits per heavy atom. The van der Waals surface area contributed by atoms with Crippen LogP contribution in [0.2, 0.25) is 0 Å². The van der Waals surface area contributed by atoms with Gasteiger partial charge in [-0.15, -0.1) is 0 Å². The Morgan fingerprint density at radius 3 is 1.55 bits per heavy atom. The van der Waals surface area contributed by atoms with Crippen molar-refractivity contribution in [3.63, 3.8) is 0 Å². The van der Waals surface area contributed by atoms with Crippen LogP contribution < -0.4 is 0 Å². The van der Waals surface area contributed by atoms with E-state index in [1.807, 2.05) is 0 Å². The predicted octanol–water partition coefficient (Wildman–Crippen LogP) is 7.02. The van der Waals surface area contributed by atoms with Crippen LogP contribution in [-0.2, 0) is 0 Å². The van der Waals surface area contributed by atoms with Crippen molar-refractivity contribution in [2.75, 3.05) is 0 Å². The number of rotatable bonds is 15. The minimum absolute atomic E-state index is 0.323. The van der Waals surface area contributed by atoms with E-state index in [0.29, 0.717) is 5.92 Å². The van der Waals surface area contributed by atoms with Gasteiger partial charge in [-0.1, -0.05) is 97.3 Å². The van der Waals surface area contributed by atoms with Gasteiger partial charge in [-0.3, -0.25) is 0 Å². The van der Waals surface area contributed by atoms with Crippen molar-refractivity contribution >= 4 is 0 Å². The van der Waals surface area contributed by atoms with E-state index < -0.39 is 0 Å². The third kappa shape index (κ3) is 7.99. The van der Waals surface area contributed by atoms with Gasteiger partial charge in [0, 0.05) is 0 Å². The lowest BCUT2D eigenvalue weighted by Gasteiger charge is -2.41. The summed E-state index contributed by atoms with van der Waals surface area (Å²) in [5.41, 5.74) is -0.323. The van der Waals surface area contributed by atoms with E-state index in [4.69, 9.17) is 0 Å². The molecule has 0 saturated heterocycles. The van der Waals surface area contributed by atoms with Gasteiger partial charge < -0.3 is 5.11 Å². The van der Waals surface area contributed by atoms with Gasteiger partial charge in [0.1, 0.15) is 0 Å². The second-order valence-electron chi connectivity index (χ2n) is 7.72. The van der Waals surface area contributed by atoms with E-state index in [-0.39, 0.29) is 5.60 Å². The first-order valence-electron chi connectivity index (χ1n) is 10.5. The number of hydrogen-bond donors (Lipinski definition) is 1. The Hall–Kier alpha value is -0.0400. The quantitative estimate of drug-likeness (QED) is 0.322. The van der Waals surface area contributed by atoms with Crippen LogP contribution in [-0.4, -0.2) is 10.7 Å². The summed E-state index contributed by atoms with van der Waals surface area (Å²) in [6.45, 7) is 4.45. The van der Waals surface area contributed by atoms with Gasteiger partial charge >= 0.3 is 0 Å². The first kappa shape index (κ1) is 20.0. The third-order valence-electron chi connectivity index (χ3n) is 5.94. The van der Waals surface area contributed by atoms with Crippen molar-refractivity contribution in [1.29, 1.82) is 0 Å². The normalized spacial score (nSPS) is 18.1. The Kier molecular flexibility index (Phi) is 11.3. The monoisotopic (exact) mass is 310 g/mol. The second kappa shape index (κ2) is 12.4. The summed E-state index contributed by atoms with van der Waals surface area (Å²) in [6.07, 6.45) is 22.6. The van der Waals surface area contributed by atoms with E-state index in [1.165, 1.54) is 96.3 Å². The highest BCUT2D eigenvalue weighted by atomic mass is 16.3. The predicted molar refractivity (Wildman–Crippen MR) is 98.3 cm³/mol. The van der Waals surface area contributed by atoms with Crippen LogP contribution in [0.4, 0.5) is 0 Å². The maximum absolute atomic E-state index is 10.7. The summed E-state index contributed by atoms with van der Waals surface area (Å²) < 4.78 is 0. The molecule has 0 aromatic carbocycles. The number of aliphatic hydroxyl groups is 1. The topological polar surface area (TPSA) is 20.2 Å². The SMILES string of the molecule is CCCCCCCCCCCCCCC(O)(CC)C1CCC1. The van der Waals surface area contributed by atoms with Crippen molar-refractivity contribution in [2.24, 2.45) is 5.92 Å². The molecule has 22 heavy (non-hydrogen) atoms. The van der Waals surface area contributed by atoms with Crippen molar-refractivity contribution in [2.45, 2.75) is 129 Å². The lowest BCUT2D eigenvalue weighted by Crippen LogP contribution is -2.41. The van der Waals surface area contributed by atoms with Gasteiger partial charge in [0.05, 0.1) is 5.60 Å². The molecule has 1 atom stereocenters. The minimum Gasteiger partial charge on any atom is -0.390 e. The molecule has 0 radical (unpaired) electrons. The van der Waals surface area contributed by atoms with Gasteiger partial charge in [-0.2, -0.15) is 0 Å². The van der Waals surface area contributed by atoms with E-state index >= 15 is 0 Å². The minimum atomic E-state index is -0.323.